The summed E-state index contributed by atoms with van der Waals surface area (Å²) in [5.74, 6) is 0.145. The summed E-state index contributed by atoms with van der Waals surface area (Å²) >= 11 is 0. The molecular weight excluding hydrogens is 306 g/mol. The van der Waals surface area contributed by atoms with Crippen LogP contribution < -0.4 is 0 Å². The Kier molecular flexibility index (Phi) is 5.63. The van der Waals surface area contributed by atoms with Crippen molar-refractivity contribution in [3.63, 3.8) is 0 Å². The molecule has 3 aromatic carbocycles. The van der Waals surface area contributed by atoms with E-state index < -0.39 is 0 Å². The van der Waals surface area contributed by atoms with E-state index in [0.717, 1.165) is 16.7 Å². The molecule has 25 heavy (non-hydrogen) atoms. The number of hydrogen-bond donors (Lipinski definition) is 0. The molecule has 2 heteroatoms. The molecule has 0 aromatic heterocycles. The van der Waals surface area contributed by atoms with Crippen LogP contribution in [0.2, 0.25) is 0 Å². The molecule has 126 valence electrons. The first-order chi connectivity index (χ1) is 12.2. The number of nitrogens with zero attached hydrogens (tertiary/aromatic N) is 1. The summed E-state index contributed by atoms with van der Waals surface area (Å²) in [6, 6.07) is 30.3. The van der Waals surface area contributed by atoms with Crippen molar-refractivity contribution >= 4 is 5.91 Å². The van der Waals surface area contributed by atoms with Crippen molar-refractivity contribution in [3.8, 4) is 0 Å². The maximum atomic E-state index is 13.1. The summed E-state index contributed by atoms with van der Waals surface area (Å²) in [4.78, 5) is 15.0. The predicted octanol–water partition coefficient (Wildman–Crippen LogP) is 5.02. The minimum Gasteiger partial charge on any atom is -0.331 e. The number of hydrogen-bond acceptors (Lipinski definition) is 1. The van der Waals surface area contributed by atoms with E-state index >= 15 is 0 Å². The van der Waals surface area contributed by atoms with Gasteiger partial charge in [0.15, 0.2) is 0 Å². The van der Waals surface area contributed by atoms with Gasteiger partial charge in [0, 0.05) is 6.54 Å². The van der Waals surface area contributed by atoms with Gasteiger partial charge in [-0.25, -0.2) is 0 Å². The minimum atomic E-state index is 0.0256. The first-order valence-electron chi connectivity index (χ1n) is 8.66. The smallest absolute Gasteiger partial charge is 0.227 e. The molecule has 2 nitrogen and oxygen atoms in total. The van der Waals surface area contributed by atoms with Gasteiger partial charge in [-0.05, 0) is 23.6 Å². The molecule has 1 atom stereocenters. The fourth-order valence-electron chi connectivity index (χ4n) is 3.00. The van der Waals surface area contributed by atoms with Crippen LogP contribution >= 0.6 is 0 Å². The van der Waals surface area contributed by atoms with Gasteiger partial charge >= 0.3 is 0 Å². The zero-order valence-corrected chi connectivity index (χ0v) is 14.5. The molecule has 0 radical (unpaired) electrons. The molecule has 0 aliphatic carbocycles. The lowest BCUT2D eigenvalue weighted by molar-refractivity contribution is -0.133. The number of rotatable bonds is 6. The lowest BCUT2D eigenvalue weighted by atomic mass is 10.0. The quantitative estimate of drug-likeness (QED) is 0.622. The Morgan fingerprint density at radius 2 is 1.24 bits per heavy atom. The molecule has 0 fully saturated rings. The topological polar surface area (TPSA) is 20.3 Å². The number of carbonyl (C=O) groups is 1. The van der Waals surface area contributed by atoms with Crippen molar-refractivity contribution in [2.24, 2.45) is 0 Å². The molecule has 3 rings (SSSR count). The van der Waals surface area contributed by atoms with Crippen LogP contribution in [-0.4, -0.2) is 10.8 Å². The molecule has 1 unspecified atom stereocenters. The molecular formula is C23H23NO. The summed E-state index contributed by atoms with van der Waals surface area (Å²) in [7, 11) is 0. The van der Waals surface area contributed by atoms with Gasteiger partial charge < -0.3 is 4.90 Å². The number of carbonyl (C=O) groups excluding carboxylic acids is 1. The van der Waals surface area contributed by atoms with Crippen LogP contribution in [0, 0.1) is 0 Å². The fraction of sp³-hybridized carbons (Fsp3) is 0.174. The van der Waals surface area contributed by atoms with E-state index in [9.17, 15) is 4.79 Å². The van der Waals surface area contributed by atoms with Crippen molar-refractivity contribution in [1.29, 1.82) is 0 Å². The molecule has 0 N–H and O–H groups in total. The molecule has 0 bridgehead atoms. The fourth-order valence-corrected chi connectivity index (χ4v) is 3.00. The first kappa shape index (κ1) is 17.0. The van der Waals surface area contributed by atoms with Crippen molar-refractivity contribution in [2.45, 2.75) is 25.9 Å². The van der Waals surface area contributed by atoms with E-state index in [2.05, 4.69) is 31.2 Å². The van der Waals surface area contributed by atoms with Gasteiger partial charge in [-0.1, -0.05) is 91.0 Å². The lowest BCUT2D eigenvalue weighted by Crippen LogP contribution is -2.34. The summed E-state index contributed by atoms with van der Waals surface area (Å²) in [6.45, 7) is 2.71. The maximum Gasteiger partial charge on any atom is 0.227 e. The van der Waals surface area contributed by atoms with E-state index in [-0.39, 0.29) is 11.9 Å². The standard InChI is InChI=1S/C23H23NO/c1-19(22-15-9-4-10-16-22)24(18-21-13-7-3-8-14-21)23(25)17-20-11-5-2-6-12-20/h2-16,19H,17-18H2,1H3. The highest BCUT2D eigenvalue weighted by Gasteiger charge is 2.21. The van der Waals surface area contributed by atoms with Gasteiger partial charge in [0.2, 0.25) is 5.91 Å². The number of benzene rings is 3. The van der Waals surface area contributed by atoms with Crippen LogP contribution in [0.4, 0.5) is 0 Å². The monoisotopic (exact) mass is 329 g/mol. The molecule has 3 aromatic rings. The molecule has 0 saturated heterocycles. The molecule has 0 aliphatic rings. The maximum absolute atomic E-state index is 13.1. The van der Waals surface area contributed by atoms with Crippen molar-refractivity contribution in [3.05, 3.63) is 108 Å². The van der Waals surface area contributed by atoms with Gasteiger partial charge in [-0.15, -0.1) is 0 Å². The summed E-state index contributed by atoms with van der Waals surface area (Å²) in [6.07, 6.45) is 0.421. The van der Waals surface area contributed by atoms with Crippen LogP contribution in [0.25, 0.3) is 0 Å². The van der Waals surface area contributed by atoms with Gasteiger partial charge in [0.25, 0.3) is 0 Å². The zero-order valence-electron chi connectivity index (χ0n) is 14.5. The van der Waals surface area contributed by atoms with Gasteiger partial charge in [0.05, 0.1) is 12.5 Å². The summed E-state index contributed by atoms with van der Waals surface area (Å²) in [5.41, 5.74) is 3.34. The third-order valence-corrected chi connectivity index (χ3v) is 4.46. The Hall–Kier alpha value is -2.87. The Morgan fingerprint density at radius 3 is 1.80 bits per heavy atom. The van der Waals surface area contributed by atoms with Crippen LogP contribution in [0.5, 0.6) is 0 Å². The SMILES string of the molecule is CC(c1ccccc1)N(Cc1ccccc1)C(=O)Cc1ccccc1. The third kappa shape index (κ3) is 4.57. The van der Waals surface area contributed by atoms with E-state index in [1.807, 2.05) is 71.6 Å². The average molecular weight is 329 g/mol. The first-order valence-corrected chi connectivity index (χ1v) is 8.66. The number of amides is 1. The van der Waals surface area contributed by atoms with Crippen molar-refractivity contribution in [1.82, 2.24) is 4.90 Å². The van der Waals surface area contributed by atoms with E-state index in [1.54, 1.807) is 0 Å². The van der Waals surface area contributed by atoms with Crippen LogP contribution in [0.15, 0.2) is 91.0 Å². The summed E-state index contributed by atoms with van der Waals surface area (Å²) < 4.78 is 0. The largest absolute Gasteiger partial charge is 0.331 e. The van der Waals surface area contributed by atoms with Crippen molar-refractivity contribution in [2.75, 3.05) is 0 Å². The second-order valence-electron chi connectivity index (χ2n) is 6.26. The minimum absolute atomic E-state index is 0.0256. The van der Waals surface area contributed by atoms with E-state index in [4.69, 9.17) is 0 Å². The van der Waals surface area contributed by atoms with Gasteiger partial charge in [-0.2, -0.15) is 0 Å². The molecule has 0 saturated carbocycles. The Labute approximate surface area is 149 Å². The Balaban J connectivity index is 1.84. The highest BCUT2D eigenvalue weighted by Crippen LogP contribution is 2.23. The normalized spacial score (nSPS) is 11.7. The van der Waals surface area contributed by atoms with Crippen LogP contribution in [0.3, 0.4) is 0 Å². The predicted molar refractivity (Wildman–Crippen MR) is 102 cm³/mol. The third-order valence-electron chi connectivity index (χ3n) is 4.46. The molecule has 0 aliphatic heterocycles. The molecule has 0 heterocycles. The highest BCUT2D eigenvalue weighted by molar-refractivity contribution is 5.79. The van der Waals surface area contributed by atoms with E-state index in [1.165, 1.54) is 0 Å². The van der Waals surface area contributed by atoms with Crippen molar-refractivity contribution < 1.29 is 4.79 Å². The highest BCUT2D eigenvalue weighted by atomic mass is 16.2. The van der Waals surface area contributed by atoms with Gasteiger partial charge in [0.1, 0.15) is 0 Å². The van der Waals surface area contributed by atoms with Crippen LogP contribution in [-0.2, 0) is 17.8 Å². The van der Waals surface area contributed by atoms with Crippen LogP contribution in [0.1, 0.15) is 29.7 Å². The van der Waals surface area contributed by atoms with E-state index in [0.29, 0.717) is 13.0 Å². The second-order valence-corrected chi connectivity index (χ2v) is 6.26. The Bertz CT molecular complexity index is 784. The lowest BCUT2D eigenvalue weighted by Gasteiger charge is -2.30. The Morgan fingerprint density at radius 1 is 0.760 bits per heavy atom. The van der Waals surface area contributed by atoms with Gasteiger partial charge in [-0.3, -0.25) is 4.79 Å². The molecule has 1 amide bonds. The second kappa shape index (κ2) is 8.29. The zero-order chi connectivity index (χ0) is 17.5. The average Bonchev–Trinajstić information content (AvgIpc) is 2.68. The summed E-state index contributed by atoms with van der Waals surface area (Å²) in [5, 5.41) is 0. The molecule has 0 spiro atoms.